The maximum atomic E-state index is 12.2. The molecule has 6 nitrogen and oxygen atoms in total. The van der Waals surface area contributed by atoms with Crippen LogP contribution in [0.1, 0.15) is 20.8 Å². The molecular formula is C15H14ClNO5. The van der Waals surface area contributed by atoms with Crippen molar-refractivity contribution in [3.8, 4) is 11.5 Å². The maximum Gasteiger partial charge on any atom is 0.355 e. The number of nitrogens with one attached hydrogen (secondary N) is 1. The molecule has 0 saturated carbocycles. The van der Waals surface area contributed by atoms with E-state index < -0.39 is 18.4 Å². The molecule has 0 aliphatic heterocycles. The van der Waals surface area contributed by atoms with Crippen LogP contribution in [0.25, 0.3) is 0 Å². The van der Waals surface area contributed by atoms with Gasteiger partial charge in [0.2, 0.25) is 5.78 Å². The Labute approximate surface area is 131 Å². The molecule has 116 valence electrons. The number of ether oxygens (including phenoxy) is 3. The lowest BCUT2D eigenvalue weighted by Crippen LogP contribution is -2.15. The molecule has 1 heterocycles. The van der Waals surface area contributed by atoms with Gasteiger partial charge in [-0.2, -0.15) is 0 Å². The predicted octanol–water partition coefficient (Wildman–Crippen LogP) is 2.73. The van der Waals surface area contributed by atoms with Gasteiger partial charge in [0, 0.05) is 6.20 Å². The lowest BCUT2D eigenvalue weighted by atomic mass is 10.1. The Hall–Kier alpha value is -2.47. The molecule has 1 aromatic carbocycles. The molecule has 1 aromatic heterocycles. The fourth-order valence-corrected chi connectivity index (χ4v) is 1.97. The molecule has 0 bridgehead atoms. The number of carbonyl (C=O) groups is 2. The van der Waals surface area contributed by atoms with Gasteiger partial charge in [-0.1, -0.05) is 11.6 Å². The second-order valence-corrected chi connectivity index (χ2v) is 4.73. The van der Waals surface area contributed by atoms with Crippen LogP contribution in [0.4, 0.5) is 0 Å². The van der Waals surface area contributed by atoms with E-state index in [1.807, 2.05) is 0 Å². The van der Waals surface area contributed by atoms with Gasteiger partial charge in [-0.3, -0.25) is 4.79 Å². The fraction of sp³-hybridized carbons (Fsp3) is 0.200. The van der Waals surface area contributed by atoms with Crippen LogP contribution < -0.4 is 9.47 Å². The number of halogens is 1. The van der Waals surface area contributed by atoms with Crippen LogP contribution in [-0.4, -0.2) is 37.6 Å². The van der Waals surface area contributed by atoms with E-state index >= 15 is 0 Å². The molecular weight excluding hydrogens is 310 g/mol. The minimum Gasteiger partial charge on any atom is -0.497 e. The lowest BCUT2D eigenvalue weighted by molar-refractivity contribution is 0.0469. The smallest absolute Gasteiger partial charge is 0.355 e. The number of esters is 1. The minimum atomic E-state index is -0.665. The number of aromatic nitrogens is 1. The summed E-state index contributed by atoms with van der Waals surface area (Å²) in [5.74, 6) is -0.180. The van der Waals surface area contributed by atoms with E-state index in [1.165, 1.54) is 32.5 Å². The van der Waals surface area contributed by atoms with Crippen LogP contribution >= 0.6 is 11.6 Å². The van der Waals surface area contributed by atoms with Crippen LogP contribution in [0.15, 0.2) is 30.5 Å². The summed E-state index contributed by atoms with van der Waals surface area (Å²) in [6.45, 7) is -0.418. The first kappa shape index (κ1) is 15.9. The second-order valence-electron chi connectivity index (χ2n) is 4.30. The highest BCUT2D eigenvalue weighted by Crippen LogP contribution is 2.24. The number of ketones is 1. The average Bonchev–Trinajstić information content (AvgIpc) is 2.98. The summed E-state index contributed by atoms with van der Waals surface area (Å²) >= 11 is 5.70. The number of aromatic amines is 1. The molecule has 22 heavy (non-hydrogen) atoms. The van der Waals surface area contributed by atoms with Crippen molar-refractivity contribution in [2.45, 2.75) is 0 Å². The van der Waals surface area contributed by atoms with E-state index in [0.717, 1.165) is 0 Å². The summed E-state index contributed by atoms with van der Waals surface area (Å²) in [6, 6.07) is 6.22. The van der Waals surface area contributed by atoms with Crippen LogP contribution in [0.2, 0.25) is 5.02 Å². The zero-order valence-corrected chi connectivity index (χ0v) is 12.8. The van der Waals surface area contributed by atoms with Gasteiger partial charge < -0.3 is 19.2 Å². The highest BCUT2D eigenvalue weighted by molar-refractivity contribution is 6.30. The van der Waals surface area contributed by atoms with Crippen molar-refractivity contribution < 1.29 is 23.8 Å². The molecule has 0 spiro atoms. The first-order valence-corrected chi connectivity index (χ1v) is 6.69. The van der Waals surface area contributed by atoms with Crippen molar-refractivity contribution in [2.24, 2.45) is 0 Å². The van der Waals surface area contributed by atoms with Gasteiger partial charge in [-0.05, 0) is 24.3 Å². The van der Waals surface area contributed by atoms with Gasteiger partial charge in [0.05, 0.1) is 24.8 Å². The number of hydrogen-bond acceptors (Lipinski definition) is 5. The summed E-state index contributed by atoms with van der Waals surface area (Å²) in [5.41, 5.74) is 0.453. The highest BCUT2D eigenvalue weighted by Gasteiger charge is 2.17. The van der Waals surface area contributed by atoms with Crippen molar-refractivity contribution in [2.75, 3.05) is 20.8 Å². The summed E-state index contributed by atoms with van der Waals surface area (Å²) in [6.07, 6.45) is 1.45. The Kier molecular flexibility index (Phi) is 5.06. The molecule has 0 radical (unpaired) electrons. The van der Waals surface area contributed by atoms with Crippen molar-refractivity contribution in [3.63, 3.8) is 0 Å². The molecule has 0 aliphatic rings. The normalized spacial score (nSPS) is 10.1. The minimum absolute atomic E-state index is 0.176. The molecule has 0 atom stereocenters. The standard InChI is InChI=1S/C15H14ClNO5/c1-20-10-3-4-14(21-2)11(6-10)13(18)8-22-15(19)12-5-9(16)7-17-12/h3-7,17H,8H2,1-2H3. The number of methoxy groups -OCH3 is 2. The molecule has 0 aliphatic carbocycles. The molecule has 1 N–H and O–H groups in total. The van der Waals surface area contributed by atoms with Gasteiger partial charge in [-0.15, -0.1) is 0 Å². The third kappa shape index (κ3) is 3.59. The Bertz CT molecular complexity index is 695. The summed E-state index contributed by atoms with van der Waals surface area (Å²) in [4.78, 5) is 26.6. The van der Waals surface area contributed by atoms with Gasteiger partial charge in [0.25, 0.3) is 0 Å². The molecule has 2 rings (SSSR count). The van der Waals surface area contributed by atoms with E-state index in [0.29, 0.717) is 16.5 Å². The number of hydrogen-bond donors (Lipinski definition) is 1. The van der Waals surface area contributed by atoms with Crippen molar-refractivity contribution in [1.29, 1.82) is 0 Å². The number of Topliss-reactive ketones (excluding diaryl/α,β-unsaturated/α-hetero) is 1. The van der Waals surface area contributed by atoms with E-state index in [1.54, 1.807) is 12.1 Å². The van der Waals surface area contributed by atoms with Crippen molar-refractivity contribution in [1.82, 2.24) is 4.98 Å². The predicted molar refractivity (Wildman–Crippen MR) is 80.0 cm³/mol. The third-order valence-corrected chi connectivity index (χ3v) is 3.13. The maximum absolute atomic E-state index is 12.2. The zero-order valence-electron chi connectivity index (χ0n) is 12.0. The second kappa shape index (κ2) is 7.00. The van der Waals surface area contributed by atoms with Crippen LogP contribution in [0.3, 0.4) is 0 Å². The van der Waals surface area contributed by atoms with Crippen LogP contribution in [0, 0.1) is 0 Å². The van der Waals surface area contributed by atoms with Gasteiger partial charge in [0.1, 0.15) is 17.2 Å². The SMILES string of the molecule is COc1ccc(OC)c(C(=O)COC(=O)c2cc(Cl)c[nH]2)c1. The van der Waals surface area contributed by atoms with Gasteiger partial charge in [0.15, 0.2) is 6.61 Å². The average molecular weight is 324 g/mol. The number of H-pyrrole nitrogens is 1. The topological polar surface area (TPSA) is 77.6 Å². The first-order valence-electron chi connectivity index (χ1n) is 6.31. The van der Waals surface area contributed by atoms with E-state index in [4.69, 9.17) is 25.8 Å². The number of rotatable bonds is 6. The molecule has 0 unspecified atom stereocenters. The van der Waals surface area contributed by atoms with Gasteiger partial charge >= 0.3 is 5.97 Å². The van der Waals surface area contributed by atoms with Crippen molar-refractivity contribution >= 4 is 23.4 Å². The summed E-state index contributed by atoms with van der Waals surface area (Å²) in [5, 5.41) is 0.382. The van der Waals surface area contributed by atoms with E-state index in [-0.39, 0.29) is 11.3 Å². The summed E-state index contributed by atoms with van der Waals surface area (Å²) < 4.78 is 15.1. The first-order chi connectivity index (χ1) is 10.5. The van der Waals surface area contributed by atoms with Crippen molar-refractivity contribution in [3.05, 3.63) is 46.7 Å². The third-order valence-electron chi connectivity index (χ3n) is 2.91. The molecule has 0 amide bonds. The van der Waals surface area contributed by atoms with Crippen LogP contribution in [0.5, 0.6) is 11.5 Å². The Balaban J connectivity index is 2.07. The molecule has 0 fully saturated rings. The Morgan fingerprint density at radius 3 is 2.55 bits per heavy atom. The molecule has 2 aromatic rings. The van der Waals surface area contributed by atoms with Crippen LogP contribution in [-0.2, 0) is 4.74 Å². The highest BCUT2D eigenvalue weighted by atomic mass is 35.5. The van der Waals surface area contributed by atoms with E-state index in [2.05, 4.69) is 4.98 Å². The fourth-order valence-electron chi connectivity index (χ4n) is 1.80. The van der Waals surface area contributed by atoms with Gasteiger partial charge in [-0.25, -0.2) is 4.79 Å². The zero-order chi connectivity index (χ0) is 16.1. The Morgan fingerprint density at radius 1 is 1.18 bits per heavy atom. The lowest BCUT2D eigenvalue weighted by Gasteiger charge is -2.09. The molecule has 0 saturated heterocycles. The molecule has 7 heteroatoms. The largest absolute Gasteiger partial charge is 0.497 e. The number of benzene rings is 1. The monoisotopic (exact) mass is 323 g/mol. The quantitative estimate of drug-likeness (QED) is 0.653. The number of carbonyl (C=O) groups excluding carboxylic acids is 2. The Morgan fingerprint density at radius 2 is 1.95 bits per heavy atom. The summed E-state index contributed by atoms with van der Waals surface area (Å²) in [7, 11) is 2.94. The van der Waals surface area contributed by atoms with E-state index in [9.17, 15) is 9.59 Å².